The van der Waals surface area contributed by atoms with E-state index in [-0.39, 0.29) is 16.9 Å². The van der Waals surface area contributed by atoms with E-state index < -0.39 is 15.8 Å². The average Bonchev–Trinajstić information content (AvgIpc) is 2.62. The summed E-state index contributed by atoms with van der Waals surface area (Å²) in [5, 5.41) is 0. The number of nitrogens with one attached hydrogen (secondary N) is 1. The summed E-state index contributed by atoms with van der Waals surface area (Å²) >= 11 is 0. The largest absolute Gasteiger partial charge is 0.381 e. The van der Waals surface area contributed by atoms with E-state index in [2.05, 4.69) is 4.72 Å². The third-order valence-electron chi connectivity index (χ3n) is 4.54. The number of rotatable bonds is 5. The van der Waals surface area contributed by atoms with E-state index in [0.717, 1.165) is 24.5 Å². The minimum absolute atomic E-state index is 0.0576. The van der Waals surface area contributed by atoms with E-state index in [1.54, 1.807) is 0 Å². The lowest BCUT2D eigenvalue weighted by atomic mass is 9.74. The van der Waals surface area contributed by atoms with Crippen LogP contribution in [0.15, 0.2) is 59.5 Å². The zero-order valence-electron chi connectivity index (χ0n) is 13.2. The lowest BCUT2D eigenvalue weighted by Crippen LogP contribution is -2.44. The summed E-state index contributed by atoms with van der Waals surface area (Å²) in [5.74, 6) is -0.568. The quantitative estimate of drug-likeness (QED) is 0.903. The zero-order chi connectivity index (χ0) is 17.0. The summed E-state index contributed by atoms with van der Waals surface area (Å²) in [6.07, 6.45) is 1.48. The second-order valence-corrected chi connectivity index (χ2v) is 7.81. The van der Waals surface area contributed by atoms with Crippen molar-refractivity contribution in [2.24, 2.45) is 0 Å². The number of hydrogen-bond acceptors (Lipinski definition) is 3. The molecule has 1 aliphatic rings. The van der Waals surface area contributed by atoms with Crippen LogP contribution in [-0.2, 0) is 20.2 Å². The fourth-order valence-electron chi connectivity index (χ4n) is 3.07. The predicted molar refractivity (Wildman–Crippen MR) is 89.8 cm³/mol. The number of benzene rings is 2. The topological polar surface area (TPSA) is 55.4 Å². The summed E-state index contributed by atoms with van der Waals surface area (Å²) in [6, 6.07) is 14.9. The van der Waals surface area contributed by atoms with Gasteiger partial charge in [0.2, 0.25) is 10.0 Å². The van der Waals surface area contributed by atoms with Gasteiger partial charge in [-0.3, -0.25) is 0 Å². The molecule has 1 heterocycles. The Morgan fingerprint density at radius 2 is 1.75 bits per heavy atom. The molecule has 0 amide bonds. The third-order valence-corrected chi connectivity index (χ3v) is 5.94. The molecule has 0 spiro atoms. The minimum Gasteiger partial charge on any atom is -0.381 e. The zero-order valence-corrected chi connectivity index (χ0v) is 14.1. The van der Waals surface area contributed by atoms with Crippen molar-refractivity contribution in [3.05, 3.63) is 66.0 Å². The maximum Gasteiger partial charge on any atom is 0.240 e. The summed E-state index contributed by atoms with van der Waals surface area (Å²) < 4.78 is 46.4. The van der Waals surface area contributed by atoms with Crippen LogP contribution < -0.4 is 4.72 Å². The molecule has 2 aromatic carbocycles. The van der Waals surface area contributed by atoms with Crippen LogP contribution in [0.2, 0.25) is 0 Å². The maximum absolute atomic E-state index is 13.3. The standard InChI is InChI=1S/C18H20FNO3S/c19-16-7-4-8-17(13-16)24(21,22)20-14-18(9-11-23-12-10-18)15-5-2-1-3-6-15/h1-8,13,20H,9-12,14H2. The molecule has 0 radical (unpaired) electrons. The fraction of sp³-hybridized carbons (Fsp3) is 0.333. The molecule has 0 saturated carbocycles. The highest BCUT2D eigenvalue weighted by Crippen LogP contribution is 2.34. The van der Waals surface area contributed by atoms with E-state index in [4.69, 9.17) is 4.74 Å². The van der Waals surface area contributed by atoms with E-state index in [0.29, 0.717) is 13.2 Å². The minimum atomic E-state index is -3.76. The highest BCUT2D eigenvalue weighted by molar-refractivity contribution is 7.89. The predicted octanol–water partition coefficient (Wildman–Crippen LogP) is 2.85. The Morgan fingerprint density at radius 3 is 2.42 bits per heavy atom. The van der Waals surface area contributed by atoms with Crippen molar-refractivity contribution in [1.82, 2.24) is 4.72 Å². The van der Waals surface area contributed by atoms with Crippen LogP contribution >= 0.6 is 0 Å². The first-order valence-electron chi connectivity index (χ1n) is 7.90. The van der Waals surface area contributed by atoms with Gasteiger partial charge in [0.05, 0.1) is 4.90 Å². The van der Waals surface area contributed by atoms with Crippen molar-refractivity contribution in [3.63, 3.8) is 0 Å². The summed E-state index contributed by atoms with van der Waals surface area (Å²) in [5.41, 5.74) is 0.787. The first-order chi connectivity index (χ1) is 11.5. The van der Waals surface area contributed by atoms with Gasteiger partial charge in [0.25, 0.3) is 0 Å². The molecule has 1 aliphatic heterocycles. The molecule has 1 saturated heterocycles. The first-order valence-corrected chi connectivity index (χ1v) is 9.39. The van der Waals surface area contributed by atoms with Crippen molar-refractivity contribution in [3.8, 4) is 0 Å². The Balaban J connectivity index is 1.84. The number of hydrogen-bond donors (Lipinski definition) is 1. The van der Waals surface area contributed by atoms with E-state index >= 15 is 0 Å². The molecule has 2 aromatic rings. The molecule has 3 rings (SSSR count). The first kappa shape index (κ1) is 17.1. The molecule has 4 nitrogen and oxygen atoms in total. The second kappa shape index (κ2) is 7.01. The molecule has 1 N–H and O–H groups in total. The second-order valence-electron chi connectivity index (χ2n) is 6.04. The molecule has 0 atom stereocenters. The van der Waals surface area contributed by atoms with Gasteiger partial charge in [-0.2, -0.15) is 0 Å². The average molecular weight is 349 g/mol. The van der Waals surface area contributed by atoms with Crippen LogP contribution in [0.3, 0.4) is 0 Å². The van der Waals surface area contributed by atoms with Gasteiger partial charge < -0.3 is 4.74 Å². The van der Waals surface area contributed by atoms with Crippen molar-refractivity contribution in [2.45, 2.75) is 23.2 Å². The van der Waals surface area contributed by atoms with Crippen molar-refractivity contribution < 1.29 is 17.5 Å². The highest BCUT2D eigenvalue weighted by atomic mass is 32.2. The van der Waals surface area contributed by atoms with Crippen LogP contribution in [0.25, 0.3) is 0 Å². The molecule has 0 unspecified atom stereocenters. The van der Waals surface area contributed by atoms with Gasteiger partial charge >= 0.3 is 0 Å². The van der Waals surface area contributed by atoms with E-state index in [1.807, 2.05) is 30.3 Å². The van der Waals surface area contributed by atoms with Crippen molar-refractivity contribution in [2.75, 3.05) is 19.8 Å². The molecule has 0 aromatic heterocycles. The third kappa shape index (κ3) is 3.66. The molecule has 0 bridgehead atoms. The van der Waals surface area contributed by atoms with Crippen LogP contribution in [0, 0.1) is 5.82 Å². The van der Waals surface area contributed by atoms with Crippen LogP contribution in [0.5, 0.6) is 0 Å². The normalized spacial score (nSPS) is 17.5. The Kier molecular flexibility index (Phi) is 4.99. The van der Waals surface area contributed by atoms with Gasteiger partial charge in [-0.15, -0.1) is 0 Å². The van der Waals surface area contributed by atoms with Crippen LogP contribution in [0.4, 0.5) is 4.39 Å². The molecule has 0 aliphatic carbocycles. The van der Waals surface area contributed by atoms with Crippen molar-refractivity contribution in [1.29, 1.82) is 0 Å². The smallest absolute Gasteiger partial charge is 0.240 e. The van der Waals surface area contributed by atoms with Gasteiger partial charge in [-0.1, -0.05) is 36.4 Å². The van der Waals surface area contributed by atoms with Gasteiger partial charge in [0.15, 0.2) is 0 Å². The SMILES string of the molecule is O=S(=O)(NCC1(c2ccccc2)CCOCC1)c1cccc(F)c1. The van der Waals surface area contributed by atoms with Gasteiger partial charge in [0.1, 0.15) is 5.82 Å². The lowest BCUT2D eigenvalue weighted by molar-refractivity contribution is 0.0517. The van der Waals surface area contributed by atoms with E-state index in [9.17, 15) is 12.8 Å². The van der Waals surface area contributed by atoms with E-state index in [1.165, 1.54) is 18.2 Å². The Morgan fingerprint density at radius 1 is 1.04 bits per heavy atom. The summed E-state index contributed by atoms with van der Waals surface area (Å²) in [7, 11) is -3.76. The highest BCUT2D eigenvalue weighted by Gasteiger charge is 2.35. The van der Waals surface area contributed by atoms with Gasteiger partial charge in [-0.05, 0) is 36.6 Å². The Labute approximate surface area is 141 Å². The Hall–Kier alpha value is -1.76. The molecule has 128 valence electrons. The fourth-order valence-corrected chi connectivity index (χ4v) is 4.23. The lowest BCUT2D eigenvalue weighted by Gasteiger charge is -2.37. The number of halogens is 1. The Bertz CT molecular complexity index is 787. The molecular weight excluding hydrogens is 329 g/mol. The summed E-state index contributed by atoms with van der Waals surface area (Å²) in [6.45, 7) is 1.45. The molecule has 6 heteroatoms. The van der Waals surface area contributed by atoms with Crippen molar-refractivity contribution >= 4 is 10.0 Å². The number of sulfonamides is 1. The number of ether oxygens (including phenoxy) is 1. The van der Waals surface area contributed by atoms with Crippen LogP contribution in [0.1, 0.15) is 18.4 Å². The maximum atomic E-state index is 13.3. The van der Waals surface area contributed by atoms with Gasteiger partial charge in [0, 0.05) is 25.2 Å². The molecular formula is C18H20FNO3S. The van der Waals surface area contributed by atoms with Crippen LogP contribution in [-0.4, -0.2) is 28.2 Å². The van der Waals surface area contributed by atoms with Gasteiger partial charge in [-0.25, -0.2) is 17.5 Å². The summed E-state index contributed by atoms with van der Waals surface area (Å²) in [4.78, 5) is -0.0576. The molecule has 24 heavy (non-hydrogen) atoms. The molecule has 1 fully saturated rings. The monoisotopic (exact) mass is 349 g/mol.